The molecule has 1 atom stereocenters. The molecule has 0 bridgehead atoms. The van der Waals surface area contributed by atoms with Crippen molar-refractivity contribution in [2.45, 2.75) is 45.6 Å². The fraction of sp³-hybridized carbons (Fsp3) is 0.500. The highest BCUT2D eigenvalue weighted by molar-refractivity contribution is 9.11. The fourth-order valence-corrected chi connectivity index (χ4v) is 2.51. The maximum Gasteiger partial charge on any atom is 0.0935 e. The van der Waals surface area contributed by atoms with E-state index in [0.717, 1.165) is 29.3 Å². The van der Waals surface area contributed by atoms with Gasteiger partial charge in [-0.25, -0.2) is 0 Å². The van der Waals surface area contributed by atoms with Crippen LogP contribution in [0, 0.1) is 5.92 Å². The maximum absolute atomic E-state index is 10.6. The van der Waals surface area contributed by atoms with E-state index in [1.54, 1.807) is 0 Å². The van der Waals surface area contributed by atoms with Crippen LogP contribution >= 0.6 is 15.9 Å². The van der Waals surface area contributed by atoms with Crippen LogP contribution in [0.2, 0.25) is 0 Å². The zero-order valence-electron chi connectivity index (χ0n) is 11.5. The Morgan fingerprint density at radius 3 is 2.33 bits per heavy atom. The molecule has 1 aromatic rings. The lowest BCUT2D eigenvalue weighted by atomic mass is 9.88. The van der Waals surface area contributed by atoms with Gasteiger partial charge in [0.25, 0.3) is 0 Å². The van der Waals surface area contributed by atoms with Gasteiger partial charge >= 0.3 is 0 Å². The van der Waals surface area contributed by atoms with Crippen molar-refractivity contribution in [2.75, 3.05) is 0 Å². The van der Waals surface area contributed by atoms with Crippen molar-refractivity contribution < 1.29 is 5.11 Å². The van der Waals surface area contributed by atoms with Crippen LogP contribution in [0.15, 0.2) is 34.8 Å². The Balaban J connectivity index is 2.81. The molecule has 0 spiro atoms. The molecule has 18 heavy (non-hydrogen) atoms. The summed E-state index contributed by atoms with van der Waals surface area (Å²) in [4.78, 5) is 0. The molecular formula is C16H23BrO. The van der Waals surface area contributed by atoms with Crippen LogP contribution in [-0.2, 0) is 0 Å². The van der Waals surface area contributed by atoms with E-state index in [1.165, 1.54) is 0 Å². The van der Waals surface area contributed by atoms with Gasteiger partial charge in [0.15, 0.2) is 0 Å². The van der Waals surface area contributed by atoms with Crippen molar-refractivity contribution in [2.24, 2.45) is 5.92 Å². The molecule has 0 aliphatic rings. The third-order valence-corrected chi connectivity index (χ3v) is 4.53. The van der Waals surface area contributed by atoms with Crippen LogP contribution in [0.5, 0.6) is 0 Å². The van der Waals surface area contributed by atoms with Crippen LogP contribution < -0.4 is 0 Å². The van der Waals surface area contributed by atoms with Crippen LogP contribution in [0.25, 0.3) is 6.08 Å². The van der Waals surface area contributed by atoms with Crippen LogP contribution in [0.3, 0.4) is 0 Å². The third kappa shape index (κ3) is 4.58. The minimum atomic E-state index is -0.785. The molecule has 100 valence electrons. The zero-order valence-corrected chi connectivity index (χ0v) is 13.1. The smallest absolute Gasteiger partial charge is 0.0935 e. The van der Waals surface area contributed by atoms with E-state index in [1.807, 2.05) is 43.3 Å². The predicted molar refractivity (Wildman–Crippen MR) is 82.7 cm³/mol. The molecule has 0 heterocycles. The summed E-state index contributed by atoms with van der Waals surface area (Å²) >= 11 is 3.53. The number of aliphatic hydroxyl groups is 1. The highest BCUT2D eigenvalue weighted by Crippen LogP contribution is 2.32. The molecule has 1 N–H and O–H groups in total. The average Bonchev–Trinajstić information content (AvgIpc) is 2.37. The largest absolute Gasteiger partial charge is 0.385 e. The molecule has 2 heteroatoms. The minimum Gasteiger partial charge on any atom is -0.385 e. The molecule has 0 saturated carbocycles. The molecular weight excluding hydrogens is 288 g/mol. The van der Waals surface area contributed by atoms with Crippen molar-refractivity contribution in [3.63, 3.8) is 0 Å². The first-order valence-electron chi connectivity index (χ1n) is 6.64. The number of hydrogen-bond acceptors (Lipinski definition) is 1. The molecule has 1 unspecified atom stereocenters. The van der Waals surface area contributed by atoms with Crippen molar-refractivity contribution in [3.8, 4) is 0 Å². The average molecular weight is 311 g/mol. The number of halogens is 1. The Kier molecular flexibility index (Phi) is 6.10. The van der Waals surface area contributed by atoms with Gasteiger partial charge in [0.1, 0.15) is 0 Å². The lowest BCUT2D eigenvalue weighted by Crippen LogP contribution is -2.27. The summed E-state index contributed by atoms with van der Waals surface area (Å²) in [5.41, 5.74) is 0.321. The molecule has 0 saturated heterocycles. The Bertz CT molecular complexity index is 377. The fourth-order valence-electron chi connectivity index (χ4n) is 2.09. The number of benzene rings is 1. The van der Waals surface area contributed by atoms with Gasteiger partial charge in [0.05, 0.1) is 5.60 Å². The summed E-state index contributed by atoms with van der Waals surface area (Å²) < 4.78 is 0.855. The van der Waals surface area contributed by atoms with E-state index in [9.17, 15) is 5.11 Å². The van der Waals surface area contributed by atoms with E-state index in [-0.39, 0.29) is 0 Å². The second kappa shape index (κ2) is 7.10. The molecule has 0 aliphatic heterocycles. The summed E-state index contributed by atoms with van der Waals surface area (Å²) in [7, 11) is 0. The normalized spacial score (nSPS) is 15.8. The summed E-state index contributed by atoms with van der Waals surface area (Å²) in [6.45, 7) is 6.24. The summed E-state index contributed by atoms with van der Waals surface area (Å²) in [5.74, 6) is 0.566. The quantitative estimate of drug-likeness (QED) is 0.784. The SMILES string of the molecule is CCC(CC)CC(C)(O)/C(Br)=C/c1ccccc1. The summed E-state index contributed by atoms with van der Waals surface area (Å²) in [6, 6.07) is 10.1. The standard InChI is InChI=1S/C16H23BrO/c1-4-13(5-2)12-16(3,18)15(17)11-14-9-7-6-8-10-14/h6-11,13,18H,4-5,12H2,1-3H3/b15-11-. The number of rotatable bonds is 6. The Hall–Kier alpha value is -0.600. The zero-order chi connectivity index (χ0) is 13.6. The molecule has 1 aromatic carbocycles. The van der Waals surface area contributed by atoms with Gasteiger partial charge in [0.2, 0.25) is 0 Å². The Morgan fingerprint density at radius 2 is 1.83 bits per heavy atom. The summed E-state index contributed by atoms with van der Waals surface area (Å²) in [6.07, 6.45) is 5.02. The van der Waals surface area contributed by atoms with Gasteiger partial charge < -0.3 is 5.11 Å². The van der Waals surface area contributed by atoms with Crippen LogP contribution in [0.1, 0.15) is 45.6 Å². The lowest BCUT2D eigenvalue weighted by molar-refractivity contribution is 0.0779. The number of hydrogen-bond donors (Lipinski definition) is 1. The van der Waals surface area contributed by atoms with Crippen LogP contribution in [0.4, 0.5) is 0 Å². The highest BCUT2D eigenvalue weighted by Gasteiger charge is 2.27. The first-order chi connectivity index (χ1) is 8.49. The van der Waals surface area contributed by atoms with Gasteiger partial charge in [-0.15, -0.1) is 0 Å². The molecule has 0 amide bonds. The van der Waals surface area contributed by atoms with Crippen molar-refractivity contribution in [3.05, 3.63) is 40.4 Å². The predicted octanol–water partition coefficient (Wildman–Crippen LogP) is 5.00. The first kappa shape index (κ1) is 15.5. The molecule has 1 rings (SSSR count). The molecule has 0 fully saturated rings. The monoisotopic (exact) mass is 310 g/mol. The van der Waals surface area contributed by atoms with E-state index in [4.69, 9.17) is 0 Å². The minimum absolute atomic E-state index is 0.566. The molecule has 0 aromatic heterocycles. The van der Waals surface area contributed by atoms with Gasteiger partial charge in [0, 0.05) is 4.48 Å². The molecule has 0 aliphatic carbocycles. The second-order valence-corrected chi connectivity index (χ2v) is 5.92. The van der Waals surface area contributed by atoms with Crippen LogP contribution in [-0.4, -0.2) is 10.7 Å². The highest BCUT2D eigenvalue weighted by atomic mass is 79.9. The van der Waals surface area contributed by atoms with E-state index in [2.05, 4.69) is 29.8 Å². The Morgan fingerprint density at radius 1 is 1.28 bits per heavy atom. The topological polar surface area (TPSA) is 20.2 Å². The summed E-state index contributed by atoms with van der Waals surface area (Å²) in [5, 5.41) is 10.6. The maximum atomic E-state index is 10.6. The van der Waals surface area contributed by atoms with Crippen molar-refractivity contribution in [1.82, 2.24) is 0 Å². The second-order valence-electron chi connectivity index (χ2n) is 5.06. The van der Waals surface area contributed by atoms with Gasteiger partial charge in [-0.1, -0.05) is 73.0 Å². The van der Waals surface area contributed by atoms with E-state index >= 15 is 0 Å². The van der Waals surface area contributed by atoms with Crippen molar-refractivity contribution in [1.29, 1.82) is 0 Å². The van der Waals surface area contributed by atoms with Gasteiger partial charge in [-0.2, -0.15) is 0 Å². The third-order valence-electron chi connectivity index (χ3n) is 3.45. The van der Waals surface area contributed by atoms with Crippen molar-refractivity contribution >= 4 is 22.0 Å². The molecule has 0 radical (unpaired) electrons. The molecule has 1 nitrogen and oxygen atoms in total. The lowest BCUT2D eigenvalue weighted by Gasteiger charge is -2.27. The van der Waals surface area contributed by atoms with Gasteiger partial charge in [-0.05, 0) is 30.9 Å². The van der Waals surface area contributed by atoms with E-state index in [0.29, 0.717) is 5.92 Å². The van der Waals surface area contributed by atoms with Gasteiger partial charge in [-0.3, -0.25) is 0 Å². The van der Waals surface area contributed by atoms with E-state index < -0.39 is 5.60 Å². The Labute approximate surface area is 119 Å². The first-order valence-corrected chi connectivity index (χ1v) is 7.44.